The van der Waals surface area contributed by atoms with Gasteiger partial charge in [-0.3, -0.25) is 4.79 Å². The smallest absolute Gasteiger partial charge is 0.242 e. The Morgan fingerprint density at radius 1 is 1.50 bits per heavy atom. The van der Waals surface area contributed by atoms with Crippen LogP contribution in [0, 0.1) is 5.92 Å². The molecule has 104 valence electrons. The monoisotopic (exact) mass is 254 g/mol. The molecule has 1 N–H and O–H groups in total. The highest BCUT2D eigenvalue weighted by molar-refractivity contribution is 5.82. The maximum Gasteiger partial charge on any atom is 0.242 e. The first-order chi connectivity index (χ1) is 8.72. The van der Waals surface area contributed by atoms with E-state index in [2.05, 4.69) is 12.2 Å². The molecular weight excluding hydrogens is 228 g/mol. The lowest BCUT2D eigenvalue weighted by Crippen LogP contribution is -2.57. The SMILES string of the molecule is CCCC1CCCN(C(=O)[C@H]2NCCO[C@@H]2C)C1. The molecule has 18 heavy (non-hydrogen) atoms. The molecule has 1 unspecified atom stereocenters. The lowest BCUT2D eigenvalue weighted by Gasteiger charge is -2.38. The summed E-state index contributed by atoms with van der Waals surface area (Å²) in [7, 11) is 0. The summed E-state index contributed by atoms with van der Waals surface area (Å²) in [4.78, 5) is 14.5. The Kier molecular flexibility index (Phi) is 5.01. The Morgan fingerprint density at radius 2 is 2.33 bits per heavy atom. The van der Waals surface area contributed by atoms with Gasteiger partial charge in [0.2, 0.25) is 5.91 Å². The van der Waals surface area contributed by atoms with Crippen LogP contribution in [0.25, 0.3) is 0 Å². The summed E-state index contributed by atoms with van der Waals surface area (Å²) >= 11 is 0. The van der Waals surface area contributed by atoms with Crippen LogP contribution in [0.5, 0.6) is 0 Å². The van der Waals surface area contributed by atoms with Gasteiger partial charge in [0, 0.05) is 19.6 Å². The molecule has 4 nitrogen and oxygen atoms in total. The van der Waals surface area contributed by atoms with Crippen molar-refractivity contribution in [3.05, 3.63) is 0 Å². The predicted octanol–water partition coefficient (Wildman–Crippen LogP) is 1.40. The Labute approximate surface area is 110 Å². The fourth-order valence-corrected chi connectivity index (χ4v) is 3.12. The molecule has 2 aliphatic heterocycles. The number of amides is 1. The van der Waals surface area contributed by atoms with Gasteiger partial charge in [-0.2, -0.15) is 0 Å². The van der Waals surface area contributed by atoms with Crippen molar-refractivity contribution in [1.82, 2.24) is 10.2 Å². The molecule has 0 bridgehead atoms. The highest BCUT2D eigenvalue weighted by Crippen LogP contribution is 2.22. The topological polar surface area (TPSA) is 41.6 Å². The van der Waals surface area contributed by atoms with E-state index in [0.29, 0.717) is 12.5 Å². The zero-order chi connectivity index (χ0) is 13.0. The van der Waals surface area contributed by atoms with Gasteiger partial charge in [-0.05, 0) is 32.1 Å². The van der Waals surface area contributed by atoms with Crippen LogP contribution in [-0.2, 0) is 9.53 Å². The zero-order valence-electron chi connectivity index (χ0n) is 11.7. The van der Waals surface area contributed by atoms with Gasteiger partial charge >= 0.3 is 0 Å². The fraction of sp³-hybridized carbons (Fsp3) is 0.929. The highest BCUT2D eigenvalue weighted by atomic mass is 16.5. The van der Waals surface area contributed by atoms with Gasteiger partial charge in [0.1, 0.15) is 6.04 Å². The van der Waals surface area contributed by atoms with E-state index in [-0.39, 0.29) is 18.1 Å². The van der Waals surface area contributed by atoms with Crippen LogP contribution in [0.15, 0.2) is 0 Å². The molecule has 2 rings (SSSR count). The number of carbonyl (C=O) groups excluding carboxylic acids is 1. The number of hydrogen-bond acceptors (Lipinski definition) is 3. The standard InChI is InChI=1S/C14H26N2O2/c1-3-5-12-6-4-8-16(10-12)14(17)13-11(2)18-9-7-15-13/h11-13,15H,3-10H2,1-2H3/t11-,12?,13+/m1/s1. The number of carbonyl (C=O) groups is 1. The van der Waals surface area contributed by atoms with Crippen LogP contribution in [0.3, 0.4) is 0 Å². The van der Waals surface area contributed by atoms with E-state index >= 15 is 0 Å². The van der Waals surface area contributed by atoms with Crippen molar-refractivity contribution in [2.24, 2.45) is 5.92 Å². The van der Waals surface area contributed by atoms with E-state index in [1.165, 1.54) is 19.3 Å². The number of hydrogen-bond donors (Lipinski definition) is 1. The third-order valence-electron chi connectivity index (χ3n) is 4.11. The van der Waals surface area contributed by atoms with Crippen molar-refractivity contribution >= 4 is 5.91 Å². The Morgan fingerprint density at radius 3 is 3.06 bits per heavy atom. The fourth-order valence-electron chi connectivity index (χ4n) is 3.12. The van der Waals surface area contributed by atoms with Gasteiger partial charge in [-0.25, -0.2) is 0 Å². The van der Waals surface area contributed by atoms with E-state index in [1.807, 2.05) is 11.8 Å². The molecule has 1 amide bonds. The minimum Gasteiger partial charge on any atom is -0.375 e. The second-order valence-corrected chi connectivity index (χ2v) is 5.59. The Hall–Kier alpha value is -0.610. The van der Waals surface area contributed by atoms with Crippen molar-refractivity contribution in [1.29, 1.82) is 0 Å². The molecule has 0 aromatic carbocycles. The van der Waals surface area contributed by atoms with Gasteiger partial charge in [0.05, 0.1) is 12.7 Å². The summed E-state index contributed by atoms with van der Waals surface area (Å²) in [6.07, 6.45) is 4.89. The number of piperidine rings is 1. The molecule has 2 aliphatic rings. The van der Waals surface area contributed by atoms with Crippen molar-refractivity contribution in [2.45, 2.75) is 51.7 Å². The highest BCUT2D eigenvalue weighted by Gasteiger charge is 2.33. The minimum absolute atomic E-state index is 0.00204. The first-order valence-electron chi connectivity index (χ1n) is 7.36. The van der Waals surface area contributed by atoms with Gasteiger partial charge in [-0.15, -0.1) is 0 Å². The molecule has 2 fully saturated rings. The number of ether oxygens (including phenoxy) is 1. The first-order valence-corrected chi connectivity index (χ1v) is 7.36. The summed E-state index contributed by atoms with van der Waals surface area (Å²) in [6.45, 7) is 7.57. The zero-order valence-corrected chi connectivity index (χ0v) is 11.7. The van der Waals surface area contributed by atoms with E-state index < -0.39 is 0 Å². The number of rotatable bonds is 3. The third-order valence-corrected chi connectivity index (χ3v) is 4.11. The molecule has 2 saturated heterocycles. The number of nitrogens with zero attached hydrogens (tertiary/aromatic N) is 1. The second kappa shape index (κ2) is 6.53. The van der Waals surface area contributed by atoms with Crippen molar-refractivity contribution in [3.63, 3.8) is 0 Å². The Balaban J connectivity index is 1.91. The summed E-state index contributed by atoms with van der Waals surface area (Å²) < 4.78 is 5.57. The molecule has 4 heteroatoms. The lowest BCUT2D eigenvalue weighted by atomic mass is 9.93. The van der Waals surface area contributed by atoms with Crippen molar-refractivity contribution in [3.8, 4) is 0 Å². The van der Waals surface area contributed by atoms with E-state index in [4.69, 9.17) is 4.74 Å². The van der Waals surface area contributed by atoms with E-state index in [1.54, 1.807) is 0 Å². The molecule has 0 aliphatic carbocycles. The molecule has 0 aromatic rings. The summed E-state index contributed by atoms with van der Waals surface area (Å²) in [6, 6.07) is -0.140. The second-order valence-electron chi connectivity index (χ2n) is 5.59. The van der Waals surface area contributed by atoms with Gasteiger partial charge in [-0.1, -0.05) is 13.3 Å². The van der Waals surface area contributed by atoms with Gasteiger partial charge in [0.25, 0.3) is 0 Å². The molecule has 3 atom stereocenters. The summed E-state index contributed by atoms with van der Waals surface area (Å²) in [5.74, 6) is 0.940. The molecule has 0 radical (unpaired) electrons. The average Bonchev–Trinajstić information content (AvgIpc) is 2.39. The van der Waals surface area contributed by atoms with Crippen LogP contribution in [-0.4, -0.2) is 49.2 Å². The van der Waals surface area contributed by atoms with Crippen molar-refractivity contribution < 1.29 is 9.53 Å². The summed E-state index contributed by atoms with van der Waals surface area (Å²) in [5.41, 5.74) is 0. The predicted molar refractivity (Wildman–Crippen MR) is 71.4 cm³/mol. The van der Waals surface area contributed by atoms with E-state index in [0.717, 1.165) is 26.1 Å². The Bertz CT molecular complexity index is 281. The quantitative estimate of drug-likeness (QED) is 0.828. The molecule has 0 spiro atoms. The lowest BCUT2D eigenvalue weighted by molar-refractivity contribution is -0.141. The molecule has 2 heterocycles. The number of nitrogens with one attached hydrogen (secondary N) is 1. The number of morpholine rings is 1. The van der Waals surface area contributed by atoms with Crippen LogP contribution in [0.4, 0.5) is 0 Å². The van der Waals surface area contributed by atoms with Gasteiger partial charge in [0.15, 0.2) is 0 Å². The van der Waals surface area contributed by atoms with Crippen LogP contribution in [0.1, 0.15) is 39.5 Å². The third kappa shape index (κ3) is 3.23. The van der Waals surface area contributed by atoms with Crippen molar-refractivity contribution in [2.75, 3.05) is 26.2 Å². The van der Waals surface area contributed by atoms with Crippen LogP contribution in [0.2, 0.25) is 0 Å². The van der Waals surface area contributed by atoms with Crippen LogP contribution >= 0.6 is 0 Å². The maximum atomic E-state index is 12.5. The largest absolute Gasteiger partial charge is 0.375 e. The summed E-state index contributed by atoms with van der Waals surface area (Å²) in [5, 5.41) is 3.30. The molecular formula is C14H26N2O2. The molecule has 0 saturated carbocycles. The first kappa shape index (κ1) is 13.8. The minimum atomic E-state index is -0.140. The van der Waals surface area contributed by atoms with Gasteiger partial charge < -0.3 is 15.0 Å². The van der Waals surface area contributed by atoms with E-state index in [9.17, 15) is 4.79 Å². The normalized spacial score (nSPS) is 33.4. The molecule has 0 aromatic heterocycles. The van der Waals surface area contributed by atoms with Crippen LogP contribution < -0.4 is 5.32 Å². The number of likely N-dealkylation sites (tertiary alicyclic amines) is 1. The maximum absolute atomic E-state index is 12.5. The average molecular weight is 254 g/mol.